The first-order valence-corrected chi connectivity index (χ1v) is 12.8. The largest absolute Gasteiger partial charge is 0.733 e. The third-order valence-electron chi connectivity index (χ3n) is 5.88. The van der Waals surface area contributed by atoms with Crippen molar-refractivity contribution < 1.29 is 24.3 Å². The Labute approximate surface area is 236 Å². The van der Waals surface area contributed by atoms with Gasteiger partial charge in [0.1, 0.15) is 16.5 Å². The molecule has 0 saturated heterocycles. The number of hydrogen-bond acceptors (Lipinski definition) is 10. The lowest BCUT2D eigenvalue weighted by atomic mass is 10.1. The van der Waals surface area contributed by atoms with Crippen LogP contribution in [-0.4, -0.2) is 35.0 Å². The molecule has 1 aliphatic rings. The van der Waals surface area contributed by atoms with E-state index in [4.69, 9.17) is 21.5 Å². The summed E-state index contributed by atoms with van der Waals surface area (Å²) < 4.78 is 5.27. The summed E-state index contributed by atoms with van der Waals surface area (Å²) in [7, 11) is 1.43. The first kappa shape index (κ1) is 26.8. The number of thiazole rings is 1. The maximum Gasteiger partial charge on any atom is 0.283 e. The van der Waals surface area contributed by atoms with Gasteiger partial charge in [0.15, 0.2) is 5.13 Å². The Morgan fingerprint density at radius 3 is 2.42 bits per heavy atom. The van der Waals surface area contributed by atoms with E-state index >= 15 is 0 Å². The van der Waals surface area contributed by atoms with Crippen LogP contribution in [0, 0.1) is 5.21 Å². The number of anilines is 4. The van der Waals surface area contributed by atoms with Gasteiger partial charge in [0.25, 0.3) is 17.7 Å². The molecule has 0 spiro atoms. The third kappa shape index (κ3) is 5.24. The van der Waals surface area contributed by atoms with Crippen LogP contribution in [0.4, 0.5) is 22.2 Å². The number of carbonyl (C=O) groups is 3. The zero-order valence-electron chi connectivity index (χ0n) is 20.6. The van der Waals surface area contributed by atoms with E-state index in [1.807, 2.05) is 0 Å². The van der Waals surface area contributed by atoms with Crippen LogP contribution in [0.15, 0.2) is 88.9 Å². The fourth-order valence-electron chi connectivity index (χ4n) is 3.89. The molecule has 0 atom stereocenters. The van der Waals surface area contributed by atoms with Gasteiger partial charge in [-0.1, -0.05) is 35.9 Å². The first-order chi connectivity index (χ1) is 19.3. The van der Waals surface area contributed by atoms with Gasteiger partial charge in [-0.3, -0.25) is 24.9 Å². The number of benzene rings is 3. The molecule has 40 heavy (non-hydrogen) atoms. The van der Waals surface area contributed by atoms with Crippen molar-refractivity contribution in [1.82, 2.24) is 4.98 Å². The van der Waals surface area contributed by atoms with Gasteiger partial charge in [-0.2, -0.15) is 0 Å². The molecule has 1 aliphatic heterocycles. The monoisotopic (exact) mass is 576 g/mol. The number of amides is 3. The molecule has 0 radical (unpaired) electrons. The van der Waals surface area contributed by atoms with Gasteiger partial charge >= 0.3 is 0 Å². The molecule has 13 heteroatoms. The van der Waals surface area contributed by atoms with E-state index in [0.717, 1.165) is 4.90 Å². The summed E-state index contributed by atoms with van der Waals surface area (Å²) in [6, 6.07) is 19.0. The molecule has 0 bridgehead atoms. The van der Waals surface area contributed by atoms with Crippen LogP contribution in [0.5, 0.6) is 5.75 Å². The molecule has 11 nitrogen and oxygen atoms in total. The molecule has 4 aromatic rings. The van der Waals surface area contributed by atoms with E-state index in [0.29, 0.717) is 33.4 Å². The van der Waals surface area contributed by atoms with Gasteiger partial charge < -0.3 is 20.5 Å². The number of nitrogens with zero attached hydrogens (tertiary/aromatic N) is 3. The van der Waals surface area contributed by atoms with Crippen molar-refractivity contribution in [2.45, 2.75) is 0 Å². The summed E-state index contributed by atoms with van der Waals surface area (Å²) in [4.78, 5) is 43.9. The quantitative estimate of drug-likeness (QED) is 0.190. The Bertz CT molecular complexity index is 1640. The van der Waals surface area contributed by atoms with Crippen molar-refractivity contribution >= 4 is 62.9 Å². The maximum absolute atomic E-state index is 13.1. The summed E-state index contributed by atoms with van der Waals surface area (Å²) in [6.45, 7) is 0. The number of rotatable bonds is 8. The highest BCUT2D eigenvalue weighted by Gasteiger charge is 2.40. The molecule has 3 amide bonds. The van der Waals surface area contributed by atoms with Crippen LogP contribution in [-0.2, 0) is 9.59 Å². The summed E-state index contributed by atoms with van der Waals surface area (Å²) in [6.07, 6.45) is 0. The zero-order chi connectivity index (χ0) is 28.4. The van der Waals surface area contributed by atoms with Crippen LogP contribution >= 0.6 is 22.9 Å². The molecule has 0 aliphatic carbocycles. The lowest BCUT2D eigenvalue weighted by Crippen LogP contribution is -2.32. The second-order valence-corrected chi connectivity index (χ2v) is 9.56. The highest BCUT2D eigenvalue weighted by atomic mass is 35.5. The van der Waals surface area contributed by atoms with Gasteiger partial charge in [0.2, 0.25) is 0 Å². The maximum atomic E-state index is 13.1. The average molecular weight is 577 g/mol. The number of aromatic nitrogens is 1. The summed E-state index contributed by atoms with van der Waals surface area (Å²) in [5, 5.41) is 27.1. The molecular formula is C27H19ClN5O6S-. The van der Waals surface area contributed by atoms with Crippen LogP contribution < -0.4 is 25.5 Å². The minimum Gasteiger partial charge on any atom is -0.733 e. The highest BCUT2D eigenvalue weighted by molar-refractivity contribution is 7.14. The predicted octanol–water partition coefficient (Wildman–Crippen LogP) is 5.20. The number of para-hydroxylation sites is 2. The van der Waals surface area contributed by atoms with E-state index < -0.39 is 17.7 Å². The van der Waals surface area contributed by atoms with E-state index in [1.165, 1.54) is 30.6 Å². The van der Waals surface area contributed by atoms with E-state index in [2.05, 4.69) is 15.6 Å². The molecular weight excluding hydrogens is 558 g/mol. The Balaban J connectivity index is 1.25. The van der Waals surface area contributed by atoms with Gasteiger partial charge in [0, 0.05) is 22.2 Å². The SMILES string of the molecule is COc1ccccc1N1C(=O)C(Cl)=C(Nc2ccc(C(=O)Nc3nc(-c4ccc(N([O-])O)cc4)cs3)cc2)C1=O. The van der Waals surface area contributed by atoms with Gasteiger partial charge in [0.05, 0.1) is 24.2 Å². The van der Waals surface area contributed by atoms with Crippen molar-refractivity contribution in [3.63, 3.8) is 0 Å². The Morgan fingerprint density at radius 1 is 1.05 bits per heavy atom. The minimum atomic E-state index is -0.686. The van der Waals surface area contributed by atoms with Gasteiger partial charge in [-0.25, -0.2) is 9.88 Å². The molecule has 5 rings (SSSR count). The van der Waals surface area contributed by atoms with E-state index in [1.54, 1.807) is 66.0 Å². The lowest BCUT2D eigenvalue weighted by molar-refractivity contribution is -0.120. The molecule has 3 N–H and O–H groups in total. The number of halogens is 1. The Hall–Kier alpha value is -4.75. The lowest BCUT2D eigenvalue weighted by Gasteiger charge is -2.21. The van der Waals surface area contributed by atoms with Crippen LogP contribution in [0.3, 0.4) is 0 Å². The second-order valence-electron chi connectivity index (χ2n) is 8.32. The zero-order valence-corrected chi connectivity index (χ0v) is 22.2. The Kier molecular flexibility index (Phi) is 7.49. The fourth-order valence-corrected chi connectivity index (χ4v) is 4.81. The minimum absolute atomic E-state index is 0.0849. The first-order valence-electron chi connectivity index (χ1n) is 11.6. The summed E-state index contributed by atoms with van der Waals surface area (Å²) in [5.74, 6) is -1.39. The highest BCUT2D eigenvalue weighted by Crippen LogP contribution is 2.35. The normalized spacial score (nSPS) is 13.1. The van der Waals surface area contributed by atoms with Gasteiger partial charge in [-0.05, 0) is 48.5 Å². The fraction of sp³-hybridized carbons (Fsp3) is 0.0370. The van der Waals surface area contributed by atoms with Gasteiger partial charge in [-0.15, -0.1) is 11.3 Å². The van der Waals surface area contributed by atoms with Crippen molar-refractivity contribution in [3.05, 3.63) is 99.7 Å². The predicted molar refractivity (Wildman–Crippen MR) is 152 cm³/mol. The van der Waals surface area contributed by atoms with Crippen LogP contribution in [0.25, 0.3) is 11.3 Å². The molecule has 0 saturated carbocycles. The second kappa shape index (κ2) is 11.2. The number of hydrogen-bond donors (Lipinski definition) is 3. The molecule has 202 valence electrons. The number of carbonyl (C=O) groups excluding carboxylic acids is 3. The van der Waals surface area contributed by atoms with E-state index in [-0.39, 0.29) is 27.3 Å². The average Bonchev–Trinajstić information content (AvgIpc) is 3.51. The van der Waals surface area contributed by atoms with E-state index in [9.17, 15) is 19.6 Å². The number of imide groups is 1. The van der Waals surface area contributed by atoms with Crippen molar-refractivity contribution in [2.24, 2.45) is 0 Å². The molecule has 0 fully saturated rings. The molecule has 1 aromatic heterocycles. The number of ether oxygens (including phenoxy) is 1. The third-order valence-corrected chi connectivity index (χ3v) is 6.99. The van der Waals surface area contributed by atoms with Crippen LogP contribution in [0.1, 0.15) is 10.4 Å². The van der Waals surface area contributed by atoms with Crippen molar-refractivity contribution in [1.29, 1.82) is 0 Å². The summed E-state index contributed by atoms with van der Waals surface area (Å²) in [5.41, 5.74) is 2.31. The summed E-state index contributed by atoms with van der Waals surface area (Å²) >= 11 is 7.44. The molecule has 3 aromatic carbocycles. The number of nitrogens with one attached hydrogen (secondary N) is 2. The molecule has 0 unspecified atom stereocenters. The van der Waals surface area contributed by atoms with Crippen molar-refractivity contribution in [3.8, 4) is 17.0 Å². The smallest absolute Gasteiger partial charge is 0.283 e. The molecule has 2 heterocycles. The topological polar surface area (TPSA) is 147 Å². The standard InChI is InChI=1S/C27H19ClN5O6S/c1-39-21-5-3-2-4-20(21)32-25(35)22(28)23(26(32)36)29-17-10-6-16(7-11-17)24(34)31-27-30-19(14-40-27)15-8-12-18(13-9-15)33(37)38/h2-14,29,37H,1H3,(H,30,31,34)/q-1. The van der Waals surface area contributed by atoms with Crippen molar-refractivity contribution in [2.75, 3.05) is 27.9 Å². The number of methoxy groups -OCH3 is 1. The Morgan fingerprint density at radius 2 is 1.75 bits per heavy atom. The van der Waals surface area contributed by atoms with Crippen LogP contribution in [0.2, 0.25) is 0 Å².